The van der Waals surface area contributed by atoms with Gasteiger partial charge in [0.2, 0.25) is 0 Å². The van der Waals surface area contributed by atoms with E-state index < -0.39 is 0 Å². The van der Waals surface area contributed by atoms with E-state index >= 15 is 0 Å². The Kier molecular flexibility index (Phi) is 3.19. The Balaban J connectivity index is 2.13. The third-order valence-corrected chi connectivity index (χ3v) is 3.29. The van der Waals surface area contributed by atoms with Crippen LogP contribution in [0.15, 0.2) is 42.7 Å². The number of nitrogens with zero attached hydrogens (tertiary/aromatic N) is 3. The maximum atomic E-state index is 6.13. The molecule has 0 fully saturated rings. The number of hydrogen-bond acceptors (Lipinski definition) is 3. The summed E-state index contributed by atoms with van der Waals surface area (Å²) < 4.78 is 1.96. The molecule has 0 aliphatic heterocycles. The number of halogens is 1. The van der Waals surface area contributed by atoms with Crippen molar-refractivity contribution in [3.8, 4) is 5.82 Å². The number of rotatable bonds is 3. The number of pyridine rings is 1. The molecule has 0 radical (unpaired) electrons. The molecule has 1 aromatic carbocycles. The van der Waals surface area contributed by atoms with Crippen LogP contribution in [0.2, 0.25) is 5.02 Å². The topological polar surface area (TPSA) is 42.7 Å². The molecule has 96 valence electrons. The smallest absolute Gasteiger partial charge is 0.138 e. The number of benzene rings is 1. The van der Waals surface area contributed by atoms with Gasteiger partial charge < -0.3 is 5.32 Å². The molecule has 5 heteroatoms. The molecular weight excluding hydrogens is 260 g/mol. The number of aromatic nitrogens is 3. The molecule has 0 aliphatic rings. The first-order chi connectivity index (χ1) is 9.29. The molecule has 3 aromatic rings. The molecular formula is C14H13ClN4. The standard InChI is InChI=1S/C14H13ClN4/c1-16-8-12-10(15)6-7-14(18-12)19-9-17-11-4-2-3-5-13(11)19/h2-7,9,16H,8H2,1H3. The van der Waals surface area contributed by atoms with Crippen LogP contribution in [0.3, 0.4) is 0 Å². The zero-order chi connectivity index (χ0) is 13.2. The van der Waals surface area contributed by atoms with Crippen molar-refractivity contribution in [1.29, 1.82) is 0 Å². The van der Waals surface area contributed by atoms with E-state index in [1.807, 2.05) is 48.0 Å². The fourth-order valence-electron chi connectivity index (χ4n) is 2.04. The van der Waals surface area contributed by atoms with Gasteiger partial charge in [-0.1, -0.05) is 23.7 Å². The summed E-state index contributed by atoms with van der Waals surface area (Å²) in [5.74, 6) is 0.823. The molecule has 0 spiro atoms. The van der Waals surface area contributed by atoms with Crippen LogP contribution in [0.4, 0.5) is 0 Å². The number of imidazole rings is 1. The Labute approximate surface area is 116 Å². The highest BCUT2D eigenvalue weighted by atomic mass is 35.5. The molecule has 0 saturated heterocycles. The summed E-state index contributed by atoms with van der Waals surface area (Å²) in [6, 6.07) is 11.7. The summed E-state index contributed by atoms with van der Waals surface area (Å²) in [5.41, 5.74) is 2.82. The summed E-state index contributed by atoms with van der Waals surface area (Å²) in [7, 11) is 1.87. The monoisotopic (exact) mass is 272 g/mol. The van der Waals surface area contributed by atoms with Gasteiger partial charge in [0, 0.05) is 6.54 Å². The quantitative estimate of drug-likeness (QED) is 0.797. The first-order valence-electron chi connectivity index (χ1n) is 6.02. The molecule has 4 nitrogen and oxygen atoms in total. The van der Waals surface area contributed by atoms with Crippen molar-refractivity contribution in [2.75, 3.05) is 7.05 Å². The van der Waals surface area contributed by atoms with Crippen molar-refractivity contribution in [3.63, 3.8) is 0 Å². The van der Waals surface area contributed by atoms with E-state index in [4.69, 9.17) is 11.6 Å². The Morgan fingerprint density at radius 1 is 1.21 bits per heavy atom. The lowest BCUT2D eigenvalue weighted by atomic mass is 10.3. The zero-order valence-corrected chi connectivity index (χ0v) is 11.2. The van der Waals surface area contributed by atoms with Gasteiger partial charge in [0.15, 0.2) is 0 Å². The van der Waals surface area contributed by atoms with Crippen molar-refractivity contribution in [2.24, 2.45) is 0 Å². The molecule has 0 atom stereocenters. The second kappa shape index (κ2) is 4.99. The average molecular weight is 273 g/mol. The minimum Gasteiger partial charge on any atom is -0.314 e. The van der Waals surface area contributed by atoms with Crippen LogP contribution in [0.5, 0.6) is 0 Å². The number of para-hydroxylation sites is 2. The highest BCUT2D eigenvalue weighted by molar-refractivity contribution is 6.31. The largest absolute Gasteiger partial charge is 0.314 e. The summed E-state index contributed by atoms with van der Waals surface area (Å²) in [6.45, 7) is 0.638. The highest BCUT2D eigenvalue weighted by Gasteiger charge is 2.08. The Morgan fingerprint density at radius 2 is 2.05 bits per heavy atom. The number of fused-ring (bicyclic) bond motifs is 1. The molecule has 0 aliphatic carbocycles. The van der Waals surface area contributed by atoms with Crippen LogP contribution < -0.4 is 5.32 Å². The molecule has 3 rings (SSSR count). The summed E-state index contributed by atoms with van der Waals surface area (Å²) in [5, 5.41) is 3.73. The van der Waals surface area contributed by atoms with Gasteiger partial charge in [-0.2, -0.15) is 0 Å². The van der Waals surface area contributed by atoms with E-state index in [0.717, 1.165) is 22.5 Å². The predicted molar refractivity (Wildman–Crippen MR) is 76.6 cm³/mol. The first-order valence-corrected chi connectivity index (χ1v) is 6.40. The number of hydrogen-bond donors (Lipinski definition) is 1. The zero-order valence-electron chi connectivity index (χ0n) is 10.5. The van der Waals surface area contributed by atoms with Crippen LogP contribution in [0, 0.1) is 0 Å². The van der Waals surface area contributed by atoms with E-state index in [-0.39, 0.29) is 0 Å². The van der Waals surface area contributed by atoms with Crippen LogP contribution >= 0.6 is 11.6 Å². The van der Waals surface area contributed by atoms with Gasteiger partial charge in [-0.15, -0.1) is 0 Å². The Bertz CT molecular complexity index is 720. The van der Waals surface area contributed by atoms with Crippen LogP contribution in [0.25, 0.3) is 16.9 Å². The lowest BCUT2D eigenvalue weighted by molar-refractivity contribution is 0.785. The lowest BCUT2D eigenvalue weighted by Gasteiger charge is -2.07. The molecule has 2 aromatic heterocycles. The van der Waals surface area contributed by atoms with Gasteiger partial charge in [0.1, 0.15) is 12.1 Å². The molecule has 0 amide bonds. The molecule has 19 heavy (non-hydrogen) atoms. The van der Waals surface area contributed by atoms with E-state index in [2.05, 4.69) is 15.3 Å². The Morgan fingerprint density at radius 3 is 2.89 bits per heavy atom. The van der Waals surface area contributed by atoms with Gasteiger partial charge in [-0.05, 0) is 31.3 Å². The van der Waals surface area contributed by atoms with Gasteiger partial charge in [-0.25, -0.2) is 9.97 Å². The molecule has 0 unspecified atom stereocenters. The maximum Gasteiger partial charge on any atom is 0.138 e. The Hall–Kier alpha value is -1.91. The lowest BCUT2D eigenvalue weighted by Crippen LogP contribution is -2.09. The predicted octanol–water partition coefficient (Wildman–Crippen LogP) is 2.79. The minimum atomic E-state index is 0.638. The van der Waals surface area contributed by atoms with Gasteiger partial charge >= 0.3 is 0 Å². The minimum absolute atomic E-state index is 0.638. The van der Waals surface area contributed by atoms with Crippen molar-refractivity contribution < 1.29 is 0 Å². The first kappa shape index (κ1) is 12.1. The SMILES string of the molecule is CNCc1nc(-n2cnc3ccccc32)ccc1Cl. The highest BCUT2D eigenvalue weighted by Crippen LogP contribution is 2.20. The van der Waals surface area contributed by atoms with Crippen molar-refractivity contribution in [3.05, 3.63) is 53.4 Å². The second-order valence-electron chi connectivity index (χ2n) is 4.23. The fourth-order valence-corrected chi connectivity index (χ4v) is 2.21. The molecule has 0 bridgehead atoms. The number of nitrogens with one attached hydrogen (secondary N) is 1. The van der Waals surface area contributed by atoms with Crippen molar-refractivity contribution in [2.45, 2.75) is 6.54 Å². The average Bonchev–Trinajstić information content (AvgIpc) is 2.85. The van der Waals surface area contributed by atoms with E-state index in [9.17, 15) is 0 Å². The van der Waals surface area contributed by atoms with E-state index in [1.165, 1.54) is 0 Å². The van der Waals surface area contributed by atoms with E-state index in [0.29, 0.717) is 11.6 Å². The second-order valence-corrected chi connectivity index (χ2v) is 4.64. The van der Waals surface area contributed by atoms with Crippen LogP contribution in [-0.4, -0.2) is 21.6 Å². The van der Waals surface area contributed by atoms with Gasteiger partial charge in [0.05, 0.1) is 21.7 Å². The fraction of sp³-hybridized carbons (Fsp3) is 0.143. The van der Waals surface area contributed by atoms with Gasteiger partial charge in [0.25, 0.3) is 0 Å². The summed E-state index contributed by atoms with van der Waals surface area (Å²) in [4.78, 5) is 8.95. The third-order valence-electron chi connectivity index (χ3n) is 2.95. The molecule has 1 N–H and O–H groups in total. The molecule has 0 saturated carbocycles. The van der Waals surface area contributed by atoms with Gasteiger partial charge in [-0.3, -0.25) is 4.57 Å². The van der Waals surface area contributed by atoms with E-state index in [1.54, 1.807) is 6.33 Å². The van der Waals surface area contributed by atoms with Crippen molar-refractivity contribution >= 4 is 22.6 Å². The maximum absolute atomic E-state index is 6.13. The van der Waals surface area contributed by atoms with Crippen LogP contribution in [-0.2, 0) is 6.54 Å². The van der Waals surface area contributed by atoms with Crippen molar-refractivity contribution in [1.82, 2.24) is 19.9 Å². The summed E-state index contributed by atoms with van der Waals surface area (Å²) in [6.07, 6.45) is 1.78. The molecule has 2 heterocycles. The van der Waals surface area contributed by atoms with Crippen LogP contribution in [0.1, 0.15) is 5.69 Å². The normalized spacial score (nSPS) is 11.1. The third kappa shape index (κ3) is 2.20. The summed E-state index contributed by atoms with van der Waals surface area (Å²) >= 11 is 6.13.